The highest BCUT2D eigenvalue weighted by Crippen LogP contribution is 2.31. The van der Waals surface area contributed by atoms with Gasteiger partial charge in [0, 0.05) is 31.4 Å². The molecule has 1 N–H and O–H groups in total. The minimum absolute atomic E-state index is 0.00369. The number of nitrogens with zero attached hydrogens (tertiary/aromatic N) is 2. The number of hydrogen-bond acceptors (Lipinski definition) is 5. The van der Waals surface area contributed by atoms with Gasteiger partial charge in [0.1, 0.15) is 0 Å². The van der Waals surface area contributed by atoms with Crippen molar-refractivity contribution in [2.75, 3.05) is 38.7 Å². The molecule has 0 aromatic heterocycles. The highest BCUT2D eigenvalue weighted by Gasteiger charge is 2.18. The summed E-state index contributed by atoms with van der Waals surface area (Å²) >= 11 is 0. The first-order chi connectivity index (χ1) is 9.61. The number of anilines is 1. The van der Waals surface area contributed by atoms with Crippen molar-refractivity contribution in [3.05, 3.63) is 28.3 Å². The Bertz CT molecular complexity index is 473. The quantitative estimate of drug-likeness (QED) is 0.660. The van der Waals surface area contributed by atoms with Gasteiger partial charge in [-0.3, -0.25) is 10.1 Å². The number of nitro benzene ring substituents is 1. The number of rotatable bonds is 5. The smallest absolute Gasteiger partial charge is 0.311 e. The van der Waals surface area contributed by atoms with Gasteiger partial charge in [0.2, 0.25) is 0 Å². The Hall–Kier alpha value is -1.82. The van der Waals surface area contributed by atoms with Crippen LogP contribution in [0, 0.1) is 16.0 Å². The summed E-state index contributed by atoms with van der Waals surface area (Å²) in [5.41, 5.74) is 0.946. The molecule has 2 rings (SSSR count). The molecule has 20 heavy (non-hydrogen) atoms. The van der Waals surface area contributed by atoms with Crippen LogP contribution >= 0.6 is 0 Å². The normalized spacial score (nSPS) is 18.6. The van der Waals surface area contributed by atoms with Gasteiger partial charge in [-0.25, -0.2) is 0 Å². The zero-order valence-corrected chi connectivity index (χ0v) is 12.0. The molecule has 1 aromatic rings. The van der Waals surface area contributed by atoms with Crippen molar-refractivity contribution in [1.29, 1.82) is 0 Å². The lowest BCUT2D eigenvalue weighted by atomic mass is 9.99. The van der Waals surface area contributed by atoms with E-state index in [0.29, 0.717) is 11.7 Å². The summed E-state index contributed by atoms with van der Waals surface area (Å²) in [7, 11) is 3.46. The average Bonchev–Trinajstić information content (AvgIpc) is 2.47. The molecule has 0 amide bonds. The molecular formula is C14H21N3O3. The SMILES string of the molecule is COc1cc(N(C)CC2CCCNC2)ccc1[N+](=O)[O-]. The van der Waals surface area contributed by atoms with E-state index in [1.807, 2.05) is 7.05 Å². The number of hydrogen-bond donors (Lipinski definition) is 1. The Morgan fingerprint density at radius 1 is 1.55 bits per heavy atom. The molecule has 0 radical (unpaired) electrons. The predicted molar refractivity (Wildman–Crippen MR) is 78.5 cm³/mol. The van der Waals surface area contributed by atoms with Crippen molar-refractivity contribution < 1.29 is 9.66 Å². The monoisotopic (exact) mass is 279 g/mol. The van der Waals surface area contributed by atoms with Crippen LogP contribution in [-0.4, -0.2) is 38.7 Å². The van der Waals surface area contributed by atoms with Gasteiger partial charge in [-0.2, -0.15) is 0 Å². The first-order valence-corrected chi connectivity index (χ1v) is 6.86. The summed E-state index contributed by atoms with van der Waals surface area (Å²) in [5.74, 6) is 0.927. The van der Waals surface area contributed by atoms with Crippen LogP contribution in [-0.2, 0) is 0 Å². The van der Waals surface area contributed by atoms with Crippen molar-refractivity contribution >= 4 is 11.4 Å². The molecule has 110 valence electrons. The van der Waals surface area contributed by atoms with Gasteiger partial charge >= 0.3 is 5.69 Å². The van der Waals surface area contributed by atoms with Crippen LogP contribution in [0.25, 0.3) is 0 Å². The Balaban J connectivity index is 2.09. The van der Waals surface area contributed by atoms with Crippen LogP contribution in [0.15, 0.2) is 18.2 Å². The van der Waals surface area contributed by atoms with E-state index < -0.39 is 4.92 Å². The molecule has 1 unspecified atom stereocenters. The van der Waals surface area contributed by atoms with Crippen molar-refractivity contribution in [1.82, 2.24) is 5.32 Å². The van der Waals surface area contributed by atoms with E-state index >= 15 is 0 Å². The third-order valence-electron chi connectivity index (χ3n) is 3.73. The van der Waals surface area contributed by atoms with Crippen LogP contribution in [0.4, 0.5) is 11.4 Å². The van der Waals surface area contributed by atoms with E-state index in [-0.39, 0.29) is 5.69 Å². The maximum absolute atomic E-state index is 10.9. The highest BCUT2D eigenvalue weighted by atomic mass is 16.6. The molecular weight excluding hydrogens is 258 g/mol. The molecule has 0 aliphatic carbocycles. The van der Waals surface area contributed by atoms with E-state index in [9.17, 15) is 10.1 Å². The number of nitro groups is 1. The van der Waals surface area contributed by atoms with E-state index in [1.54, 1.807) is 12.1 Å². The Morgan fingerprint density at radius 3 is 2.95 bits per heavy atom. The predicted octanol–water partition coefficient (Wildman–Crippen LogP) is 2.04. The molecule has 1 aliphatic heterocycles. The highest BCUT2D eigenvalue weighted by molar-refractivity contribution is 5.59. The first-order valence-electron chi connectivity index (χ1n) is 6.86. The first kappa shape index (κ1) is 14.6. The second kappa shape index (κ2) is 6.56. The van der Waals surface area contributed by atoms with E-state index in [1.165, 1.54) is 26.0 Å². The summed E-state index contributed by atoms with van der Waals surface area (Å²) in [5, 5.41) is 14.3. The molecule has 1 fully saturated rings. The van der Waals surface area contributed by atoms with E-state index in [4.69, 9.17) is 4.74 Å². The van der Waals surface area contributed by atoms with Gasteiger partial charge in [-0.05, 0) is 37.9 Å². The summed E-state index contributed by atoms with van der Waals surface area (Å²) in [6.07, 6.45) is 2.43. The van der Waals surface area contributed by atoms with Gasteiger partial charge in [0.15, 0.2) is 5.75 Å². The maximum Gasteiger partial charge on any atom is 0.311 e. The number of ether oxygens (including phenoxy) is 1. The number of methoxy groups -OCH3 is 1. The summed E-state index contributed by atoms with van der Waals surface area (Å²) in [6, 6.07) is 5.01. The third kappa shape index (κ3) is 3.39. The fraction of sp³-hybridized carbons (Fsp3) is 0.571. The fourth-order valence-corrected chi connectivity index (χ4v) is 2.63. The van der Waals surface area contributed by atoms with E-state index in [0.717, 1.165) is 25.3 Å². The summed E-state index contributed by atoms with van der Waals surface area (Å²) < 4.78 is 5.11. The molecule has 6 heteroatoms. The number of benzene rings is 1. The molecule has 0 saturated carbocycles. The van der Waals surface area contributed by atoms with Gasteiger partial charge in [0.05, 0.1) is 12.0 Å². The zero-order valence-electron chi connectivity index (χ0n) is 12.0. The molecule has 1 aliphatic rings. The average molecular weight is 279 g/mol. The van der Waals surface area contributed by atoms with Crippen molar-refractivity contribution in [3.8, 4) is 5.75 Å². The zero-order chi connectivity index (χ0) is 14.5. The lowest BCUT2D eigenvalue weighted by molar-refractivity contribution is -0.385. The number of nitrogens with one attached hydrogen (secondary N) is 1. The largest absolute Gasteiger partial charge is 0.490 e. The molecule has 1 aromatic carbocycles. The molecule has 1 heterocycles. The van der Waals surface area contributed by atoms with Crippen LogP contribution in [0.3, 0.4) is 0 Å². The molecule has 0 spiro atoms. The van der Waals surface area contributed by atoms with Crippen LogP contribution < -0.4 is 15.0 Å². The van der Waals surface area contributed by atoms with Crippen LogP contribution in [0.1, 0.15) is 12.8 Å². The minimum Gasteiger partial charge on any atom is -0.490 e. The Labute approximate surface area is 118 Å². The van der Waals surface area contributed by atoms with Crippen molar-refractivity contribution in [3.63, 3.8) is 0 Å². The van der Waals surface area contributed by atoms with Crippen LogP contribution in [0.2, 0.25) is 0 Å². The lowest BCUT2D eigenvalue weighted by Gasteiger charge is -2.29. The Morgan fingerprint density at radius 2 is 2.35 bits per heavy atom. The van der Waals surface area contributed by atoms with Gasteiger partial charge in [-0.1, -0.05) is 0 Å². The second-order valence-corrected chi connectivity index (χ2v) is 5.21. The molecule has 1 atom stereocenters. The fourth-order valence-electron chi connectivity index (χ4n) is 2.63. The maximum atomic E-state index is 10.9. The van der Waals surface area contributed by atoms with Gasteiger partial charge < -0.3 is 15.0 Å². The van der Waals surface area contributed by atoms with Crippen molar-refractivity contribution in [2.45, 2.75) is 12.8 Å². The van der Waals surface area contributed by atoms with E-state index in [2.05, 4.69) is 10.2 Å². The van der Waals surface area contributed by atoms with Crippen LogP contribution in [0.5, 0.6) is 5.75 Å². The third-order valence-corrected chi connectivity index (χ3v) is 3.73. The Kier molecular flexibility index (Phi) is 4.79. The second-order valence-electron chi connectivity index (χ2n) is 5.21. The van der Waals surface area contributed by atoms with Gasteiger partial charge in [-0.15, -0.1) is 0 Å². The molecule has 6 nitrogen and oxygen atoms in total. The topological polar surface area (TPSA) is 67.6 Å². The van der Waals surface area contributed by atoms with Crippen molar-refractivity contribution in [2.24, 2.45) is 5.92 Å². The summed E-state index contributed by atoms with van der Waals surface area (Å²) in [6.45, 7) is 3.08. The number of piperidine rings is 1. The molecule has 1 saturated heterocycles. The minimum atomic E-state index is -0.423. The summed E-state index contributed by atoms with van der Waals surface area (Å²) in [4.78, 5) is 12.6. The lowest BCUT2D eigenvalue weighted by Crippen LogP contribution is -2.36. The standard InChI is InChI=1S/C14H21N3O3/c1-16(10-11-4-3-7-15-9-11)12-5-6-13(17(18)19)14(8-12)20-2/h5-6,8,11,15H,3-4,7,9-10H2,1-2H3. The molecule has 0 bridgehead atoms. The van der Waals surface area contributed by atoms with Gasteiger partial charge in [0.25, 0.3) is 0 Å².